The van der Waals surface area contributed by atoms with Crippen LogP contribution >= 0.6 is 26.9 Å². The standard InChI is InChI=1S/C55H107N3O37P4S4/c1-42(62)56-45(8-9-59)52(68)85-30-24-75-18-21-78-27-33-92-97(72,101)89-15-5-11-82-39-55(38-81-10-4-14-88-96(70,71)100,40-83-12-6-16-90-98(73,102)93-34-28-79-22-19-76-25-31-86-53(69)48(46(65)36-60)57-43(2)63)41-84-13-7-17-91-99(74,103)94-35-29-80-23-20-77-26-32-87-54-49(58-44(3)64)51(67)50(66)47(37-61)95-54/h8,47,49-54,59-61,65-69H,4-7,9-41H2,1-3H3,(H,56,62)(H,57,63)(H,58,64)(H,72,101)(H,73,102)(H,74,103)(H2,70,71,100)/b45-8-,48-46-/t47?,49?,50?,51?,52-,53-,54?,55?,97?,98?,99?/m0/s1. The summed E-state index contributed by atoms with van der Waals surface area (Å²) in [4.78, 5) is 85.3. The van der Waals surface area contributed by atoms with E-state index in [0.29, 0.717) is 0 Å². The molecule has 1 aliphatic rings. The highest BCUT2D eigenvalue weighted by Crippen LogP contribution is 2.45. The zero-order valence-corrected chi connectivity index (χ0v) is 64.7. The normalized spacial score (nSPS) is 19.9. The van der Waals surface area contributed by atoms with Gasteiger partial charge in [-0.2, -0.15) is 0 Å². The van der Waals surface area contributed by atoms with Crippen molar-refractivity contribution in [1.82, 2.24) is 16.0 Å². The van der Waals surface area contributed by atoms with Crippen LogP contribution < -0.4 is 16.0 Å². The summed E-state index contributed by atoms with van der Waals surface area (Å²) < 4.78 is 116. The van der Waals surface area contributed by atoms with Crippen LogP contribution in [0.25, 0.3) is 0 Å². The fourth-order valence-corrected chi connectivity index (χ4v) is 12.1. The summed E-state index contributed by atoms with van der Waals surface area (Å²) in [5.41, 5.74) is -1.46. The minimum atomic E-state index is -3.93. The number of hydrogen-bond donors (Lipinski definition) is 16. The third-order valence-electron chi connectivity index (χ3n) is 12.6. The van der Waals surface area contributed by atoms with Crippen molar-refractivity contribution in [3.05, 3.63) is 23.2 Å². The fourth-order valence-electron chi connectivity index (χ4n) is 8.00. The van der Waals surface area contributed by atoms with Gasteiger partial charge in [-0.1, -0.05) is 0 Å². The van der Waals surface area contributed by atoms with Gasteiger partial charge in [0, 0.05) is 47.2 Å². The second kappa shape index (κ2) is 59.7. The molecule has 0 aromatic carbocycles. The van der Waals surface area contributed by atoms with E-state index in [2.05, 4.69) is 27.8 Å². The van der Waals surface area contributed by atoms with Crippen molar-refractivity contribution in [1.29, 1.82) is 0 Å². The van der Waals surface area contributed by atoms with Crippen molar-refractivity contribution in [2.24, 2.45) is 5.41 Å². The van der Waals surface area contributed by atoms with Gasteiger partial charge in [-0.25, -0.2) is 0 Å². The van der Waals surface area contributed by atoms with Crippen LogP contribution in [0.3, 0.4) is 0 Å². The second-order valence-electron chi connectivity index (χ2n) is 21.5. The van der Waals surface area contributed by atoms with E-state index >= 15 is 0 Å². The van der Waals surface area contributed by atoms with E-state index in [9.17, 15) is 69.5 Å². The highest BCUT2D eigenvalue weighted by Gasteiger charge is 2.45. The van der Waals surface area contributed by atoms with Crippen LogP contribution in [0.1, 0.15) is 46.5 Å². The Balaban J connectivity index is 2.81. The number of aliphatic hydroxyl groups excluding tert-OH is 8. The lowest BCUT2D eigenvalue weighted by atomic mass is 9.92. The summed E-state index contributed by atoms with van der Waals surface area (Å²) in [6.45, 7) is -13.3. The molecular formula is C55H107N3O37P4S4. The number of nitrogens with one attached hydrogen (secondary N) is 3. The number of carbonyl (C=O) groups is 3. The molecule has 0 saturated carbocycles. The van der Waals surface area contributed by atoms with Gasteiger partial charge in [-0.3, -0.25) is 14.4 Å². The molecule has 1 rings (SSSR count). The topological polar surface area (TPSA) is 544 Å². The van der Waals surface area contributed by atoms with Crippen LogP contribution in [0, 0.1) is 5.41 Å². The molecule has 1 heterocycles. The summed E-state index contributed by atoms with van der Waals surface area (Å²) in [5.74, 6) is -2.23. The number of ether oxygens (including phenoxy) is 14. The Bertz CT molecular complexity index is 2530. The third kappa shape index (κ3) is 53.5. The van der Waals surface area contributed by atoms with Crippen LogP contribution in [0.2, 0.25) is 0 Å². The molecule has 0 radical (unpaired) electrons. The van der Waals surface area contributed by atoms with Crippen molar-refractivity contribution in [2.45, 2.75) is 89.7 Å². The smallest absolute Gasteiger partial charge is 0.324 e. The molecule has 11 atom stereocenters. The van der Waals surface area contributed by atoms with Gasteiger partial charge in [-0.05, 0) is 79.0 Å². The van der Waals surface area contributed by atoms with Gasteiger partial charge >= 0.3 is 26.9 Å². The van der Waals surface area contributed by atoms with Crippen LogP contribution in [0.4, 0.5) is 0 Å². The summed E-state index contributed by atoms with van der Waals surface area (Å²) in [6.07, 6.45) is -6.38. The van der Waals surface area contributed by atoms with E-state index in [4.69, 9.17) is 144 Å². The first-order chi connectivity index (χ1) is 48.9. The average molecular weight is 1650 g/mol. The number of hydrogen-bond acceptors (Lipinski definition) is 36. The van der Waals surface area contributed by atoms with Crippen molar-refractivity contribution in [2.75, 3.05) is 218 Å². The monoisotopic (exact) mass is 1650 g/mol. The molecule has 103 heavy (non-hydrogen) atoms. The van der Waals surface area contributed by atoms with Gasteiger partial charge in [0.05, 0.1) is 196 Å². The van der Waals surface area contributed by atoms with Gasteiger partial charge in [-0.15, -0.1) is 0 Å². The van der Waals surface area contributed by atoms with E-state index in [1.54, 1.807) is 0 Å². The van der Waals surface area contributed by atoms with E-state index in [0.717, 1.165) is 6.92 Å². The molecule has 1 aliphatic heterocycles. The molecule has 16 N–H and O–H groups in total. The zero-order chi connectivity index (χ0) is 76.8. The number of rotatable bonds is 69. The first-order valence-corrected chi connectivity index (χ1v) is 42.6. The Kier molecular flexibility index (Phi) is 58.0. The van der Waals surface area contributed by atoms with Crippen LogP contribution in [-0.2, 0) is 160 Å². The fraction of sp³-hybridized carbons (Fsp3) is 0.873. The van der Waals surface area contributed by atoms with Gasteiger partial charge in [0.2, 0.25) is 17.7 Å². The quantitative estimate of drug-likeness (QED) is 0.0127. The van der Waals surface area contributed by atoms with Gasteiger partial charge in [0.25, 0.3) is 0 Å². The zero-order valence-electron chi connectivity index (χ0n) is 57.8. The van der Waals surface area contributed by atoms with Crippen molar-refractivity contribution >= 4 is 91.8 Å². The van der Waals surface area contributed by atoms with Crippen LogP contribution in [-0.4, -0.2) is 344 Å². The van der Waals surface area contributed by atoms with Crippen molar-refractivity contribution in [3.8, 4) is 0 Å². The first-order valence-electron chi connectivity index (χ1n) is 32.2. The van der Waals surface area contributed by atoms with Crippen LogP contribution in [0.5, 0.6) is 0 Å². The largest absolute Gasteiger partial charge is 0.508 e. The molecule has 1 saturated heterocycles. The Labute approximate surface area is 618 Å². The Morgan fingerprint density at radius 3 is 1.18 bits per heavy atom. The summed E-state index contributed by atoms with van der Waals surface area (Å²) in [7, 11) is 0. The predicted octanol–water partition coefficient (Wildman–Crippen LogP) is -2.78. The Morgan fingerprint density at radius 1 is 0.466 bits per heavy atom. The molecule has 3 amide bonds. The van der Waals surface area contributed by atoms with Gasteiger partial charge < -0.3 is 179 Å². The van der Waals surface area contributed by atoms with E-state index < -0.39 is 125 Å². The molecule has 40 nitrogen and oxygen atoms in total. The summed E-state index contributed by atoms with van der Waals surface area (Å²) in [6, 6.07) is -1.10. The molecule has 0 aromatic rings. The average Bonchev–Trinajstić information content (AvgIpc) is 0.809. The van der Waals surface area contributed by atoms with Crippen LogP contribution in [0.15, 0.2) is 23.2 Å². The predicted molar refractivity (Wildman–Crippen MR) is 374 cm³/mol. The molecule has 0 aliphatic carbocycles. The Hall–Kier alpha value is -1.03. The third-order valence-corrected chi connectivity index (χ3v) is 18.4. The minimum Gasteiger partial charge on any atom is -0.508 e. The molecule has 0 aromatic heterocycles. The molecule has 608 valence electrons. The number of carbonyl (C=O) groups excluding carboxylic acids is 3. The van der Waals surface area contributed by atoms with Crippen molar-refractivity contribution in [3.63, 3.8) is 0 Å². The SMILES string of the molecule is CC(=O)N/C(=C\CO)[C@@H](O)OCCOCCOCCOP(O)(=S)OCCCOCC(COCCCOP(O)(O)=S)(COCCCOP(O)(=S)OCCOCCOCCOC1OC(CO)C(O)C(O)C1NC(C)=O)COCCCOP(O)(=S)OCCOCCOCCO[C@H](O)/C(NC(C)=O)=C(/O)CO. The maximum atomic E-state index is 11.7. The minimum absolute atomic E-state index is 0.00625. The Morgan fingerprint density at radius 2 is 0.825 bits per heavy atom. The van der Waals surface area contributed by atoms with Gasteiger partial charge in [0.15, 0.2) is 18.9 Å². The summed E-state index contributed by atoms with van der Waals surface area (Å²) >= 11 is 20.0. The lowest BCUT2D eigenvalue weighted by Crippen LogP contribution is -2.64. The molecule has 48 heteroatoms. The van der Waals surface area contributed by atoms with E-state index in [1.165, 1.54) is 19.9 Å². The van der Waals surface area contributed by atoms with Gasteiger partial charge in [0.1, 0.15) is 42.4 Å². The molecular weight excluding hydrogens is 1550 g/mol. The lowest BCUT2D eigenvalue weighted by Gasteiger charge is -2.42. The first kappa shape index (κ1) is 100.0. The number of aliphatic hydroxyl groups is 8. The highest BCUT2D eigenvalue weighted by atomic mass is 32.5. The highest BCUT2D eigenvalue weighted by molar-refractivity contribution is 8.08. The molecule has 1 fully saturated rings. The lowest BCUT2D eigenvalue weighted by molar-refractivity contribution is -0.272. The summed E-state index contributed by atoms with van der Waals surface area (Å²) in [5, 5.41) is 85.2. The van der Waals surface area contributed by atoms with Crippen molar-refractivity contribution < 1.29 is 178 Å². The maximum absolute atomic E-state index is 11.7. The second-order valence-corrected chi connectivity index (χ2v) is 32.7. The molecule has 9 unspecified atom stereocenters. The maximum Gasteiger partial charge on any atom is 0.324 e. The number of amides is 3. The molecule has 0 bridgehead atoms. The molecule has 0 spiro atoms. The van der Waals surface area contributed by atoms with E-state index in [-0.39, 0.29) is 230 Å². The van der Waals surface area contributed by atoms with E-state index in [1.807, 2.05) is 0 Å².